The molecule has 0 saturated carbocycles. The summed E-state index contributed by atoms with van der Waals surface area (Å²) in [4.78, 5) is 10.6. The lowest BCUT2D eigenvalue weighted by molar-refractivity contribution is -0.125. The van der Waals surface area contributed by atoms with E-state index >= 15 is 0 Å². The van der Waals surface area contributed by atoms with Gasteiger partial charge in [0.15, 0.2) is 0 Å². The van der Waals surface area contributed by atoms with Crippen molar-refractivity contribution in [3.05, 3.63) is 27.1 Å². The van der Waals surface area contributed by atoms with E-state index < -0.39 is 28.6 Å². The molecule has 0 aliphatic rings. The number of sulfonamides is 1. The SMILES string of the molecule is NC(=O)C(O)CNS(=O)(=O)c1cc(Br)ccc1Br. The van der Waals surface area contributed by atoms with Crippen LogP contribution in [0.4, 0.5) is 0 Å². The van der Waals surface area contributed by atoms with Gasteiger partial charge in [-0.25, -0.2) is 13.1 Å². The van der Waals surface area contributed by atoms with Crippen LogP contribution in [-0.2, 0) is 14.8 Å². The second-order valence-corrected chi connectivity index (χ2v) is 6.85. The van der Waals surface area contributed by atoms with E-state index in [0.717, 1.165) is 0 Å². The minimum absolute atomic E-state index is 0.00598. The highest BCUT2D eigenvalue weighted by Crippen LogP contribution is 2.25. The number of aliphatic hydroxyl groups is 1. The molecule has 9 heteroatoms. The van der Waals surface area contributed by atoms with Crippen LogP contribution in [0, 0.1) is 0 Å². The topological polar surface area (TPSA) is 109 Å². The summed E-state index contributed by atoms with van der Waals surface area (Å²) in [6.07, 6.45) is -1.56. The monoisotopic (exact) mass is 400 g/mol. The number of aliphatic hydroxyl groups excluding tert-OH is 1. The van der Waals surface area contributed by atoms with Crippen molar-refractivity contribution in [2.45, 2.75) is 11.0 Å². The predicted octanol–water partition coefficient (Wildman–Crippen LogP) is 0.336. The zero-order chi connectivity index (χ0) is 13.9. The number of halogens is 2. The number of nitrogens with two attached hydrogens (primary N) is 1. The fraction of sp³-hybridized carbons (Fsp3) is 0.222. The average Bonchev–Trinajstić information content (AvgIpc) is 2.29. The molecule has 6 nitrogen and oxygen atoms in total. The summed E-state index contributed by atoms with van der Waals surface area (Å²) < 4.78 is 26.9. The van der Waals surface area contributed by atoms with Gasteiger partial charge in [-0.1, -0.05) is 15.9 Å². The minimum Gasteiger partial charge on any atom is -0.382 e. The average molecular weight is 402 g/mol. The molecule has 100 valence electrons. The Hall–Kier alpha value is -0.480. The first-order valence-corrected chi connectivity index (χ1v) is 7.73. The van der Waals surface area contributed by atoms with Crippen molar-refractivity contribution in [1.82, 2.24) is 4.72 Å². The second-order valence-electron chi connectivity index (χ2n) is 3.34. The van der Waals surface area contributed by atoms with Crippen LogP contribution in [0.2, 0.25) is 0 Å². The lowest BCUT2D eigenvalue weighted by Crippen LogP contribution is -2.40. The maximum absolute atomic E-state index is 11.9. The Kier molecular flexibility index (Phi) is 5.29. The summed E-state index contributed by atoms with van der Waals surface area (Å²) in [5.41, 5.74) is 4.82. The Morgan fingerprint density at radius 2 is 2.06 bits per heavy atom. The number of primary amides is 1. The summed E-state index contributed by atoms with van der Waals surface area (Å²) in [5.74, 6) is -0.994. The third-order valence-electron chi connectivity index (χ3n) is 1.98. The molecule has 0 bridgehead atoms. The number of amides is 1. The molecule has 4 N–H and O–H groups in total. The van der Waals surface area contributed by atoms with E-state index in [1.165, 1.54) is 6.07 Å². The molecule has 1 rings (SSSR count). The highest BCUT2D eigenvalue weighted by molar-refractivity contribution is 9.11. The fourth-order valence-electron chi connectivity index (χ4n) is 1.05. The highest BCUT2D eigenvalue weighted by Gasteiger charge is 2.20. The van der Waals surface area contributed by atoms with E-state index in [2.05, 4.69) is 36.6 Å². The second kappa shape index (κ2) is 6.11. The summed E-state index contributed by atoms with van der Waals surface area (Å²) in [5, 5.41) is 9.14. The minimum atomic E-state index is -3.84. The van der Waals surface area contributed by atoms with Gasteiger partial charge in [0.1, 0.15) is 6.10 Å². The van der Waals surface area contributed by atoms with Crippen LogP contribution < -0.4 is 10.5 Å². The Labute approximate surface area is 121 Å². The predicted molar refractivity (Wildman–Crippen MR) is 72.2 cm³/mol. The van der Waals surface area contributed by atoms with Crippen LogP contribution in [0.1, 0.15) is 0 Å². The van der Waals surface area contributed by atoms with Gasteiger partial charge in [-0.15, -0.1) is 0 Å². The molecule has 0 fully saturated rings. The van der Waals surface area contributed by atoms with Crippen molar-refractivity contribution >= 4 is 47.8 Å². The Bertz CT molecular complexity index is 562. The zero-order valence-corrected chi connectivity index (χ0v) is 12.9. The van der Waals surface area contributed by atoms with Crippen molar-refractivity contribution < 1.29 is 18.3 Å². The molecule has 1 atom stereocenters. The van der Waals surface area contributed by atoms with E-state index in [-0.39, 0.29) is 4.90 Å². The molecular weight excluding hydrogens is 392 g/mol. The summed E-state index contributed by atoms with van der Waals surface area (Å²) in [6, 6.07) is 4.62. The molecule has 1 unspecified atom stereocenters. The summed E-state index contributed by atoms with van der Waals surface area (Å²) in [7, 11) is -3.84. The van der Waals surface area contributed by atoms with E-state index in [4.69, 9.17) is 10.8 Å². The van der Waals surface area contributed by atoms with Gasteiger partial charge in [0, 0.05) is 15.5 Å². The van der Waals surface area contributed by atoms with Gasteiger partial charge in [0.25, 0.3) is 0 Å². The molecule has 0 aromatic heterocycles. The van der Waals surface area contributed by atoms with E-state index in [9.17, 15) is 13.2 Å². The third-order valence-corrected chi connectivity index (χ3v) is 4.89. The number of hydrogen-bond donors (Lipinski definition) is 3. The van der Waals surface area contributed by atoms with Crippen LogP contribution in [0.3, 0.4) is 0 Å². The van der Waals surface area contributed by atoms with Crippen molar-refractivity contribution in [3.8, 4) is 0 Å². The highest BCUT2D eigenvalue weighted by atomic mass is 79.9. The Balaban J connectivity index is 2.93. The summed E-state index contributed by atoms with van der Waals surface area (Å²) >= 11 is 6.26. The van der Waals surface area contributed by atoms with Crippen molar-refractivity contribution in [3.63, 3.8) is 0 Å². The van der Waals surface area contributed by atoms with Gasteiger partial charge in [0.2, 0.25) is 15.9 Å². The smallest absolute Gasteiger partial charge is 0.247 e. The van der Waals surface area contributed by atoms with Crippen LogP contribution >= 0.6 is 31.9 Å². The lowest BCUT2D eigenvalue weighted by atomic mass is 10.3. The molecular formula is C9H10Br2N2O4S. The van der Waals surface area contributed by atoms with Gasteiger partial charge in [-0.05, 0) is 34.1 Å². The standard InChI is InChI=1S/C9H10Br2N2O4S/c10-5-1-2-6(11)8(3-5)18(16,17)13-4-7(14)9(12)15/h1-3,7,13-14H,4H2,(H2,12,15). The van der Waals surface area contributed by atoms with Gasteiger partial charge in [0.05, 0.1) is 4.90 Å². The van der Waals surface area contributed by atoms with Crippen LogP contribution in [0.25, 0.3) is 0 Å². The van der Waals surface area contributed by atoms with Crippen LogP contribution in [-0.4, -0.2) is 32.1 Å². The number of carbonyl (C=O) groups is 1. The maximum atomic E-state index is 11.9. The first-order chi connectivity index (χ1) is 8.24. The van der Waals surface area contributed by atoms with Gasteiger partial charge in [-0.3, -0.25) is 4.79 Å². The van der Waals surface area contributed by atoms with Gasteiger partial charge >= 0.3 is 0 Å². The molecule has 0 spiro atoms. The Morgan fingerprint density at radius 1 is 1.44 bits per heavy atom. The van der Waals surface area contributed by atoms with E-state index in [1.807, 2.05) is 0 Å². The first kappa shape index (κ1) is 15.6. The number of rotatable bonds is 5. The maximum Gasteiger partial charge on any atom is 0.247 e. The van der Waals surface area contributed by atoms with Crippen molar-refractivity contribution in [2.75, 3.05) is 6.54 Å². The molecule has 1 aromatic carbocycles. The molecule has 18 heavy (non-hydrogen) atoms. The zero-order valence-electron chi connectivity index (χ0n) is 8.93. The van der Waals surface area contributed by atoms with E-state index in [1.54, 1.807) is 12.1 Å². The van der Waals surface area contributed by atoms with Gasteiger partial charge in [-0.2, -0.15) is 0 Å². The molecule has 1 aromatic rings. The van der Waals surface area contributed by atoms with E-state index in [0.29, 0.717) is 8.95 Å². The van der Waals surface area contributed by atoms with Gasteiger partial charge < -0.3 is 10.8 Å². The fourth-order valence-corrected chi connectivity index (χ4v) is 3.59. The number of hydrogen-bond acceptors (Lipinski definition) is 4. The largest absolute Gasteiger partial charge is 0.382 e. The number of nitrogens with one attached hydrogen (secondary N) is 1. The van der Waals surface area contributed by atoms with Crippen LogP contribution in [0.15, 0.2) is 32.0 Å². The molecule has 0 aliphatic carbocycles. The normalized spacial score (nSPS) is 13.3. The number of benzene rings is 1. The molecule has 0 heterocycles. The molecule has 0 radical (unpaired) electrons. The Morgan fingerprint density at radius 3 is 2.61 bits per heavy atom. The first-order valence-electron chi connectivity index (χ1n) is 4.66. The number of carbonyl (C=O) groups excluding carboxylic acids is 1. The summed E-state index contributed by atoms with van der Waals surface area (Å²) in [6.45, 7) is -0.476. The molecule has 0 saturated heterocycles. The molecule has 1 amide bonds. The van der Waals surface area contributed by atoms with Crippen molar-refractivity contribution in [1.29, 1.82) is 0 Å². The quantitative estimate of drug-likeness (QED) is 0.660. The third kappa shape index (κ3) is 4.02. The molecule has 0 aliphatic heterocycles. The lowest BCUT2D eigenvalue weighted by Gasteiger charge is -2.10. The van der Waals surface area contributed by atoms with Crippen molar-refractivity contribution in [2.24, 2.45) is 5.73 Å². The van der Waals surface area contributed by atoms with Crippen LogP contribution in [0.5, 0.6) is 0 Å².